The summed E-state index contributed by atoms with van der Waals surface area (Å²) in [6.45, 7) is 8.73. The summed E-state index contributed by atoms with van der Waals surface area (Å²) >= 11 is 0. The number of halogens is 1. The highest BCUT2D eigenvalue weighted by Crippen LogP contribution is 2.25. The molecule has 3 atom stereocenters. The molecule has 3 aliphatic rings. The van der Waals surface area contributed by atoms with Crippen molar-refractivity contribution < 1.29 is 9.59 Å². The van der Waals surface area contributed by atoms with Gasteiger partial charge in [0, 0.05) is 25.7 Å². The first-order valence-electron chi connectivity index (χ1n) is 10.1. The van der Waals surface area contributed by atoms with Gasteiger partial charge in [-0.3, -0.25) is 14.5 Å². The average molecular weight is 387 g/mol. The number of likely N-dealkylation sites (tertiary alicyclic amines) is 2. The minimum absolute atomic E-state index is 0. The Morgan fingerprint density at radius 3 is 2.65 bits per heavy atom. The second kappa shape index (κ2) is 9.90. The van der Waals surface area contributed by atoms with Gasteiger partial charge in [-0.05, 0) is 71.4 Å². The Kier molecular flexibility index (Phi) is 8.17. The Morgan fingerprint density at radius 2 is 1.96 bits per heavy atom. The van der Waals surface area contributed by atoms with E-state index in [1.807, 2.05) is 4.90 Å². The molecule has 7 heteroatoms. The summed E-state index contributed by atoms with van der Waals surface area (Å²) in [7, 11) is 0. The largest absolute Gasteiger partial charge is 0.354 e. The summed E-state index contributed by atoms with van der Waals surface area (Å²) in [5.41, 5.74) is 0. The second-order valence-electron chi connectivity index (χ2n) is 8.18. The molecule has 2 amide bonds. The molecule has 150 valence electrons. The van der Waals surface area contributed by atoms with Crippen LogP contribution in [0.25, 0.3) is 0 Å². The number of hydrogen-bond donors (Lipinski definition) is 2. The van der Waals surface area contributed by atoms with E-state index in [-0.39, 0.29) is 36.4 Å². The molecule has 3 rings (SSSR count). The fourth-order valence-electron chi connectivity index (χ4n) is 4.55. The third-order valence-electron chi connectivity index (χ3n) is 6.00. The van der Waals surface area contributed by atoms with E-state index < -0.39 is 0 Å². The van der Waals surface area contributed by atoms with Crippen molar-refractivity contribution >= 4 is 24.2 Å². The van der Waals surface area contributed by atoms with Crippen LogP contribution in [0.15, 0.2) is 0 Å². The van der Waals surface area contributed by atoms with Gasteiger partial charge < -0.3 is 15.5 Å². The molecule has 3 unspecified atom stereocenters. The minimum atomic E-state index is -0.000726. The SMILES string of the molecule is CC(C)N1CCCC(N2CCCC(CNC(=O)C3CCCN3)C2)C1=O.Cl. The number of nitrogens with one attached hydrogen (secondary N) is 2. The Labute approximate surface area is 163 Å². The molecule has 3 heterocycles. The summed E-state index contributed by atoms with van der Waals surface area (Å²) in [4.78, 5) is 29.4. The number of carbonyl (C=O) groups excluding carboxylic acids is 2. The van der Waals surface area contributed by atoms with Gasteiger partial charge in [-0.15, -0.1) is 12.4 Å². The lowest BCUT2D eigenvalue weighted by Gasteiger charge is -2.43. The zero-order chi connectivity index (χ0) is 17.8. The second-order valence-corrected chi connectivity index (χ2v) is 8.18. The van der Waals surface area contributed by atoms with Crippen LogP contribution in [0, 0.1) is 5.92 Å². The fraction of sp³-hybridized carbons (Fsp3) is 0.895. The average Bonchev–Trinajstić information content (AvgIpc) is 3.14. The minimum Gasteiger partial charge on any atom is -0.354 e. The highest BCUT2D eigenvalue weighted by atomic mass is 35.5. The Hall–Kier alpha value is -0.850. The van der Waals surface area contributed by atoms with Gasteiger partial charge in [-0.1, -0.05) is 0 Å². The maximum absolute atomic E-state index is 12.8. The van der Waals surface area contributed by atoms with Crippen LogP contribution >= 0.6 is 12.4 Å². The van der Waals surface area contributed by atoms with Gasteiger partial charge in [-0.2, -0.15) is 0 Å². The standard InChI is InChI=1S/C19H34N4O2.ClH/c1-14(2)23-11-5-8-17(19(23)25)22-10-4-6-15(13-22)12-21-18(24)16-7-3-9-20-16;/h14-17,20H,3-13H2,1-2H3,(H,21,24);1H. The third kappa shape index (κ3) is 5.11. The quantitative estimate of drug-likeness (QED) is 0.749. The number of rotatable bonds is 5. The number of hydrogen-bond acceptors (Lipinski definition) is 4. The Morgan fingerprint density at radius 1 is 1.19 bits per heavy atom. The lowest BCUT2D eigenvalue weighted by Crippen LogP contribution is -2.57. The van der Waals surface area contributed by atoms with Crippen LogP contribution in [0.2, 0.25) is 0 Å². The molecule has 0 radical (unpaired) electrons. The van der Waals surface area contributed by atoms with Crippen LogP contribution in [0.4, 0.5) is 0 Å². The first-order chi connectivity index (χ1) is 12.1. The van der Waals surface area contributed by atoms with Gasteiger partial charge in [0.05, 0.1) is 12.1 Å². The van der Waals surface area contributed by atoms with Gasteiger partial charge in [0.25, 0.3) is 0 Å². The molecule has 3 saturated heterocycles. The van der Waals surface area contributed by atoms with E-state index in [9.17, 15) is 9.59 Å². The molecule has 26 heavy (non-hydrogen) atoms. The van der Waals surface area contributed by atoms with Crippen molar-refractivity contribution in [2.75, 3.05) is 32.7 Å². The lowest BCUT2D eigenvalue weighted by molar-refractivity contribution is -0.143. The highest BCUT2D eigenvalue weighted by Gasteiger charge is 2.36. The smallest absolute Gasteiger partial charge is 0.240 e. The van der Waals surface area contributed by atoms with Crippen LogP contribution in [0.5, 0.6) is 0 Å². The Bertz CT molecular complexity index is 482. The molecule has 2 N–H and O–H groups in total. The van der Waals surface area contributed by atoms with Crippen molar-refractivity contribution in [1.82, 2.24) is 20.4 Å². The monoisotopic (exact) mass is 386 g/mol. The van der Waals surface area contributed by atoms with Gasteiger partial charge >= 0.3 is 0 Å². The van der Waals surface area contributed by atoms with E-state index in [4.69, 9.17) is 0 Å². The van der Waals surface area contributed by atoms with Gasteiger partial charge in [0.1, 0.15) is 0 Å². The first-order valence-corrected chi connectivity index (χ1v) is 10.1. The first kappa shape index (κ1) is 21.5. The van der Waals surface area contributed by atoms with Crippen LogP contribution < -0.4 is 10.6 Å². The van der Waals surface area contributed by atoms with E-state index in [0.717, 1.165) is 71.2 Å². The molecule has 3 fully saturated rings. The van der Waals surface area contributed by atoms with Gasteiger partial charge in [-0.25, -0.2) is 0 Å². The van der Waals surface area contributed by atoms with Crippen molar-refractivity contribution in [3.8, 4) is 0 Å². The Balaban J connectivity index is 0.00000243. The third-order valence-corrected chi connectivity index (χ3v) is 6.00. The summed E-state index contributed by atoms with van der Waals surface area (Å²) in [6, 6.07) is 0.333. The molecule has 0 aromatic rings. The molecule has 0 spiro atoms. The molecule has 0 aliphatic carbocycles. The molecule has 0 aromatic heterocycles. The molecule has 6 nitrogen and oxygen atoms in total. The normalized spacial score (nSPS) is 30.3. The summed E-state index contributed by atoms with van der Waals surface area (Å²) in [5.74, 6) is 0.914. The van der Waals surface area contributed by atoms with Crippen molar-refractivity contribution in [3.05, 3.63) is 0 Å². The fourth-order valence-corrected chi connectivity index (χ4v) is 4.55. The van der Waals surface area contributed by atoms with E-state index in [0.29, 0.717) is 11.8 Å². The van der Waals surface area contributed by atoms with Crippen LogP contribution in [-0.4, -0.2) is 72.5 Å². The van der Waals surface area contributed by atoms with E-state index in [1.54, 1.807) is 0 Å². The molecule has 0 bridgehead atoms. The van der Waals surface area contributed by atoms with Crippen molar-refractivity contribution in [1.29, 1.82) is 0 Å². The van der Waals surface area contributed by atoms with Gasteiger partial charge in [0.2, 0.25) is 11.8 Å². The van der Waals surface area contributed by atoms with E-state index in [2.05, 4.69) is 29.4 Å². The van der Waals surface area contributed by atoms with Crippen LogP contribution in [-0.2, 0) is 9.59 Å². The zero-order valence-corrected chi connectivity index (χ0v) is 17.0. The predicted molar refractivity (Wildman–Crippen MR) is 105 cm³/mol. The number of nitrogens with zero attached hydrogens (tertiary/aromatic N) is 2. The predicted octanol–water partition coefficient (Wildman–Crippen LogP) is 1.39. The van der Waals surface area contributed by atoms with Crippen LogP contribution in [0.1, 0.15) is 52.4 Å². The molecule has 0 aromatic carbocycles. The van der Waals surface area contributed by atoms with Crippen molar-refractivity contribution in [2.45, 2.75) is 70.5 Å². The maximum atomic E-state index is 12.8. The van der Waals surface area contributed by atoms with Crippen molar-refractivity contribution in [2.24, 2.45) is 5.92 Å². The van der Waals surface area contributed by atoms with Crippen LogP contribution in [0.3, 0.4) is 0 Å². The van der Waals surface area contributed by atoms with Crippen molar-refractivity contribution in [3.63, 3.8) is 0 Å². The number of piperidine rings is 2. The highest BCUT2D eigenvalue weighted by molar-refractivity contribution is 5.85. The molecular formula is C19H35ClN4O2. The summed E-state index contributed by atoms with van der Waals surface area (Å²) in [6.07, 6.45) is 6.37. The van der Waals surface area contributed by atoms with E-state index >= 15 is 0 Å². The van der Waals surface area contributed by atoms with E-state index in [1.165, 1.54) is 0 Å². The number of amides is 2. The molecule has 3 aliphatic heterocycles. The summed E-state index contributed by atoms with van der Waals surface area (Å²) in [5, 5.41) is 6.39. The molecule has 0 saturated carbocycles. The number of carbonyl (C=O) groups is 2. The molecular weight excluding hydrogens is 352 g/mol. The van der Waals surface area contributed by atoms with Gasteiger partial charge in [0.15, 0.2) is 0 Å². The topological polar surface area (TPSA) is 64.7 Å². The maximum Gasteiger partial charge on any atom is 0.240 e. The zero-order valence-electron chi connectivity index (χ0n) is 16.2. The summed E-state index contributed by atoms with van der Waals surface area (Å²) < 4.78 is 0. The lowest BCUT2D eigenvalue weighted by atomic mass is 9.93.